The second-order valence-corrected chi connectivity index (χ2v) is 13.0. The highest BCUT2D eigenvalue weighted by molar-refractivity contribution is 7.66. The number of phosphoric acid groups is 3. The van der Waals surface area contributed by atoms with Crippen LogP contribution < -0.4 is 5.73 Å². The number of fused-ring (bicyclic) bond motifs is 1. The van der Waals surface area contributed by atoms with Crippen LogP contribution in [0.2, 0.25) is 0 Å². The van der Waals surface area contributed by atoms with Crippen LogP contribution >= 0.6 is 23.5 Å². The Balaban J connectivity index is 1.44. The van der Waals surface area contributed by atoms with E-state index in [1.807, 2.05) is 0 Å². The molecule has 0 aliphatic carbocycles. The average molecular weight is 643 g/mol. The van der Waals surface area contributed by atoms with Gasteiger partial charge in [0.15, 0.2) is 24.4 Å². The lowest BCUT2D eigenvalue weighted by Gasteiger charge is -2.34. The van der Waals surface area contributed by atoms with Gasteiger partial charge in [0.1, 0.15) is 42.4 Å². The third-order valence-corrected chi connectivity index (χ3v) is 9.71. The number of aromatic nitrogens is 2. The van der Waals surface area contributed by atoms with Crippen LogP contribution in [-0.2, 0) is 36.3 Å². The minimum absolute atomic E-state index is 0.0128. The maximum absolute atomic E-state index is 14.6. The fourth-order valence-electron chi connectivity index (χ4n) is 4.12. The van der Waals surface area contributed by atoms with Crippen molar-refractivity contribution in [2.75, 3.05) is 13.2 Å². The van der Waals surface area contributed by atoms with Gasteiger partial charge < -0.3 is 60.1 Å². The Morgan fingerprint density at radius 2 is 1.62 bits per heavy atom. The summed E-state index contributed by atoms with van der Waals surface area (Å²) in [5, 5.41) is 40.0. The van der Waals surface area contributed by atoms with Crippen LogP contribution in [0.1, 0.15) is 18.1 Å². The van der Waals surface area contributed by atoms with Crippen molar-refractivity contribution in [3.63, 3.8) is 0 Å². The van der Waals surface area contributed by atoms with Gasteiger partial charge in [0, 0.05) is 0 Å². The average Bonchev–Trinajstić information content (AvgIpc) is 3.46. The van der Waals surface area contributed by atoms with Crippen molar-refractivity contribution in [2.45, 2.75) is 55.3 Å². The highest BCUT2D eigenvalue weighted by Crippen LogP contribution is 2.66. The number of nitrogens with two attached hydrogens (primary N) is 1. The summed E-state index contributed by atoms with van der Waals surface area (Å²) in [5.41, 5.74) is 6.20. The summed E-state index contributed by atoms with van der Waals surface area (Å²) < 4.78 is 72.2. The molecular weight excluding hydrogens is 618 g/mol. The number of hydrogen-bond donors (Lipinski definition) is 9. The fraction of sp³-hybridized carbons (Fsp3) is 0.733. The standard InChI is InChI=1S/C15H25FN5O16P3/c16-7-9(23)5(1-22)34-14(7)20-4-19-13-8(12(20)17)18-3-21(13)15-11(25)10(24)6(35-15)2-33-39(29,30)37-40(31,32)36-38(26,27)28/h3-7,9-12,14-15,22-25H,1-2,17H2,(H,29,30)(H,31,32)(H2,26,27,28)/t5-,6-,7-,9-,10?,11?,12?,14-,15-/m1/s1. The van der Waals surface area contributed by atoms with E-state index < -0.39 is 92.0 Å². The predicted octanol–water partition coefficient (Wildman–Crippen LogP) is -2.81. The van der Waals surface area contributed by atoms with Gasteiger partial charge in [0.2, 0.25) is 0 Å². The van der Waals surface area contributed by atoms with E-state index in [1.54, 1.807) is 0 Å². The highest BCUT2D eigenvalue weighted by atomic mass is 31.3. The van der Waals surface area contributed by atoms with Crippen LogP contribution in [0.25, 0.3) is 0 Å². The molecule has 40 heavy (non-hydrogen) atoms. The maximum atomic E-state index is 14.6. The van der Waals surface area contributed by atoms with Gasteiger partial charge in [-0.3, -0.25) is 9.09 Å². The third-order valence-electron chi connectivity index (χ3n) is 5.91. The van der Waals surface area contributed by atoms with E-state index in [9.17, 15) is 48.3 Å². The monoisotopic (exact) mass is 643 g/mol. The summed E-state index contributed by atoms with van der Waals surface area (Å²) >= 11 is 0. The van der Waals surface area contributed by atoms with Crippen LogP contribution in [0.5, 0.6) is 0 Å². The van der Waals surface area contributed by atoms with E-state index in [2.05, 4.69) is 23.1 Å². The number of ether oxygens (including phenoxy) is 2. The molecule has 25 heteroatoms. The molecule has 0 radical (unpaired) electrons. The zero-order valence-electron chi connectivity index (χ0n) is 19.7. The number of aliphatic hydroxyl groups is 4. The molecule has 4 heterocycles. The molecule has 1 aromatic heterocycles. The highest BCUT2D eigenvalue weighted by Gasteiger charge is 2.50. The van der Waals surface area contributed by atoms with Crippen molar-refractivity contribution in [3.05, 3.63) is 12.0 Å². The molecular formula is C15H25FN5O16P3. The van der Waals surface area contributed by atoms with E-state index >= 15 is 0 Å². The second-order valence-electron chi connectivity index (χ2n) is 8.61. The topological polar surface area (TPSA) is 319 Å². The molecule has 0 aromatic carbocycles. The summed E-state index contributed by atoms with van der Waals surface area (Å²) in [4.78, 5) is 45.2. The van der Waals surface area contributed by atoms with E-state index in [-0.39, 0.29) is 11.5 Å². The Kier molecular flexibility index (Phi) is 9.06. The van der Waals surface area contributed by atoms with Crippen molar-refractivity contribution < 1.29 is 80.7 Å². The molecule has 0 saturated carbocycles. The van der Waals surface area contributed by atoms with Gasteiger partial charge in [0.25, 0.3) is 0 Å². The molecule has 0 amide bonds. The first-order valence-electron chi connectivity index (χ1n) is 11.0. The minimum atomic E-state index is -5.78. The molecule has 228 valence electrons. The third kappa shape index (κ3) is 6.54. The summed E-state index contributed by atoms with van der Waals surface area (Å²) in [6, 6.07) is 0. The Bertz CT molecular complexity index is 1260. The van der Waals surface area contributed by atoms with Gasteiger partial charge in [0.05, 0.1) is 25.9 Å². The van der Waals surface area contributed by atoms with Crippen LogP contribution in [0.3, 0.4) is 0 Å². The lowest BCUT2D eigenvalue weighted by atomic mass is 10.1. The Morgan fingerprint density at radius 3 is 2.23 bits per heavy atom. The number of alkyl halides is 1. The number of hydrogen-bond acceptors (Lipinski definition) is 16. The number of phosphoric ester groups is 1. The van der Waals surface area contributed by atoms with Crippen molar-refractivity contribution in [3.8, 4) is 0 Å². The smallest absolute Gasteiger partial charge is 0.394 e. The van der Waals surface area contributed by atoms with Gasteiger partial charge >= 0.3 is 23.5 Å². The molecule has 0 bridgehead atoms. The van der Waals surface area contributed by atoms with Gasteiger partial charge in [-0.25, -0.2) is 28.1 Å². The number of aliphatic imine (C=N–C) groups is 1. The Morgan fingerprint density at radius 1 is 0.975 bits per heavy atom. The molecule has 3 aliphatic rings. The van der Waals surface area contributed by atoms with Crippen molar-refractivity contribution in [1.29, 1.82) is 0 Å². The van der Waals surface area contributed by atoms with Gasteiger partial charge in [-0.05, 0) is 0 Å². The summed E-state index contributed by atoms with van der Waals surface area (Å²) in [6.45, 7) is -1.70. The molecule has 21 nitrogen and oxygen atoms in total. The number of halogens is 1. The number of imidazole rings is 1. The summed E-state index contributed by atoms with van der Waals surface area (Å²) in [7, 11) is -16.9. The van der Waals surface area contributed by atoms with E-state index in [1.165, 1.54) is 0 Å². The molecule has 3 aliphatic heterocycles. The normalized spacial score (nSPS) is 37.4. The molecule has 10 N–H and O–H groups in total. The Hall–Kier alpha value is -1.26. The number of aliphatic hydroxyl groups excluding tert-OH is 4. The SMILES string of the molecule is NC1c2ncn([C@@H]3O[C@H](COP(=O)(O)OP(=O)(O)OP(=O)(O)O)C(O)C3O)c2N=CN1[C@@H]1O[C@H](CO)[C@@H](O)[C@H]1F. The number of nitrogens with zero attached hydrogens (tertiary/aromatic N) is 4. The van der Waals surface area contributed by atoms with Gasteiger partial charge in [-0.2, -0.15) is 8.62 Å². The van der Waals surface area contributed by atoms with Crippen molar-refractivity contribution in [2.24, 2.45) is 10.7 Å². The van der Waals surface area contributed by atoms with Crippen molar-refractivity contribution >= 4 is 35.6 Å². The van der Waals surface area contributed by atoms with E-state index in [0.717, 1.165) is 22.1 Å². The molecule has 1 aromatic rings. The van der Waals surface area contributed by atoms with E-state index in [0.29, 0.717) is 0 Å². The molecule has 2 fully saturated rings. The first-order chi connectivity index (χ1) is 18.4. The Labute approximate surface area is 222 Å². The van der Waals surface area contributed by atoms with Gasteiger partial charge in [-0.1, -0.05) is 0 Å². The number of rotatable bonds is 10. The van der Waals surface area contributed by atoms with Crippen molar-refractivity contribution in [1.82, 2.24) is 14.5 Å². The van der Waals surface area contributed by atoms with E-state index in [4.69, 9.17) is 25.0 Å². The first kappa shape index (κ1) is 31.7. The summed E-state index contributed by atoms with van der Waals surface area (Å²) in [5.74, 6) is -0.0128. The first-order valence-corrected chi connectivity index (χ1v) is 15.5. The fourth-order valence-corrected chi connectivity index (χ4v) is 7.15. The van der Waals surface area contributed by atoms with Gasteiger partial charge in [-0.15, -0.1) is 0 Å². The van der Waals surface area contributed by atoms with Crippen LogP contribution in [0, 0.1) is 0 Å². The minimum Gasteiger partial charge on any atom is -0.394 e. The molecule has 0 spiro atoms. The second kappa shape index (κ2) is 11.4. The molecule has 11 atom stereocenters. The van der Waals surface area contributed by atoms with Crippen LogP contribution in [0.4, 0.5) is 10.2 Å². The largest absolute Gasteiger partial charge is 0.490 e. The summed E-state index contributed by atoms with van der Waals surface area (Å²) in [6.07, 6.45) is -11.8. The molecule has 5 unspecified atom stereocenters. The lowest BCUT2D eigenvalue weighted by Crippen LogP contribution is -2.47. The maximum Gasteiger partial charge on any atom is 0.490 e. The zero-order chi connectivity index (χ0) is 29.8. The van der Waals surface area contributed by atoms with Crippen LogP contribution in [-0.4, -0.2) is 117 Å². The molecule has 4 rings (SSSR count). The molecule has 2 saturated heterocycles. The zero-order valence-corrected chi connectivity index (χ0v) is 22.4. The quantitative estimate of drug-likeness (QED) is 0.116. The lowest BCUT2D eigenvalue weighted by molar-refractivity contribution is -0.0735. The predicted molar refractivity (Wildman–Crippen MR) is 122 cm³/mol. The van der Waals surface area contributed by atoms with Crippen LogP contribution in [0.15, 0.2) is 11.3 Å².